The molecule has 1 amide bonds. The summed E-state index contributed by atoms with van der Waals surface area (Å²) in [5.41, 5.74) is 0. The van der Waals surface area contributed by atoms with Gasteiger partial charge in [0.05, 0.1) is 5.92 Å². The molecule has 0 aromatic heterocycles. The topological polar surface area (TPSA) is 38.8 Å². The Kier molecular flexibility index (Phi) is 8.17. The van der Waals surface area contributed by atoms with E-state index in [2.05, 4.69) is 54.8 Å². The SMILES string of the molecule is CC(C)CNC(=O)[C@@H]1C[C@H](CN2CCN(C)CC2)CN(CC(C)C)C1. The number of rotatable bonds is 7. The first-order chi connectivity index (χ1) is 11.8. The first-order valence-corrected chi connectivity index (χ1v) is 10.2. The summed E-state index contributed by atoms with van der Waals surface area (Å²) in [6.07, 6.45) is 1.05. The third-order valence-electron chi connectivity index (χ3n) is 5.40. The number of likely N-dealkylation sites (tertiary alicyclic amines) is 1. The molecule has 0 unspecified atom stereocenters. The van der Waals surface area contributed by atoms with E-state index in [0.29, 0.717) is 17.8 Å². The van der Waals surface area contributed by atoms with E-state index in [9.17, 15) is 4.79 Å². The molecule has 25 heavy (non-hydrogen) atoms. The van der Waals surface area contributed by atoms with Crippen LogP contribution in [-0.2, 0) is 4.79 Å². The molecular weight excluding hydrogens is 312 g/mol. The number of amides is 1. The average molecular weight is 353 g/mol. The van der Waals surface area contributed by atoms with Crippen LogP contribution < -0.4 is 5.32 Å². The highest BCUT2D eigenvalue weighted by Crippen LogP contribution is 2.24. The molecule has 146 valence electrons. The van der Waals surface area contributed by atoms with E-state index in [1.54, 1.807) is 0 Å². The fourth-order valence-corrected chi connectivity index (χ4v) is 4.14. The number of nitrogens with zero attached hydrogens (tertiary/aromatic N) is 3. The predicted molar refractivity (Wildman–Crippen MR) is 105 cm³/mol. The number of carbonyl (C=O) groups is 1. The Balaban J connectivity index is 1.91. The van der Waals surface area contributed by atoms with Crippen molar-refractivity contribution < 1.29 is 4.79 Å². The third-order valence-corrected chi connectivity index (χ3v) is 5.40. The summed E-state index contributed by atoms with van der Waals surface area (Å²) in [6, 6.07) is 0. The number of carbonyl (C=O) groups excluding carboxylic acids is 1. The second-order valence-corrected chi connectivity index (χ2v) is 9.15. The van der Waals surface area contributed by atoms with Crippen molar-refractivity contribution in [1.29, 1.82) is 0 Å². The van der Waals surface area contributed by atoms with Gasteiger partial charge in [-0.15, -0.1) is 0 Å². The van der Waals surface area contributed by atoms with Crippen molar-refractivity contribution in [3.63, 3.8) is 0 Å². The van der Waals surface area contributed by atoms with E-state index in [-0.39, 0.29) is 11.8 Å². The predicted octanol–water partition coefficient (Wildman–Crippen LogP) is 1.60. The molecule has 0 aromatic rings. The van der Waals surface area contributed by atoms with E-state index in [1.165, 1.54) is 26.2 Å². The maximum atomic E-state index is 12.7. The number of likely N-dealkylation sites (N-methyl/N-ethyl adjacent to an activating group) is 1. The van der Waals surface area contributed by atoms with Gasteiger partial charge in [0, 0.05) is 58.9 Å². The van der Waals surface area contributed by atoms with Gasteiger partial charge in [-0.3, -0.25) is 4.79 Å². The summed E-state index contributed by atoms with van der Waals surface area (Å²) in [5.74, 6) is 2.21. The van der Waals surface area contributed by atoms with Crippen molar-refractivity contribution in [2.24, 2.45) is 23.7 Å². The monoisotopic (exact) mass is 352 g/mol. The number of piperidine rings is 1. The molecule has 0 aliphatic carbocycles. The maximum Gasteiger partial charge on any atom is 0.224 e. The smallest absolute Gasteiger partial charge is 0.224 e. The largest absolute Gasteiger partial charge is 0.356 e. The van der Waals surface area contributed by atoms with E-state index in [1.807, 2.05) is 0 Å². The van der Waals surface area contributed by atoms with Crippen LogP contribution in [0.25, 0.3) is 0 Å². The normalized spacial score (nSPS) is 27.2. The molecule has 2 rings (SSSR count). The van der Waals surface area contributed by atoms with Crippen LogP contribution in [0, 0.1) is 23.7 Å². The van der Waals surface area contributed by atoms with Gasteiger partial charge in [-0.2, -0.15) is 0 Å². The molecule has 2 fully saturated rings. The van der Waals surface area contributed by atoms with Crippen molar-refractivity contribution in [2.45, 2.75) is 34.1 Å². The van der Waals surface area contributed by atoms with Crippen LogP contribution in [0.15, 0.2) is 0 Å². The number of hydrogen-bond acceptors (Lipinski definition) is 4. The minimum Gasteiger partial charge on any atom is -0.356 e. The fourth-order valence-electron chi connectivity index (χ4n) is 4.14. The number of piperazine rings is 1. The molecule has 0 radical (unpaired) electrons. The Morgan fingerprint density at radius 3 is 2.28 bits per heavy atom. The van der Waals surface area contributed by atoms with Gasteiger partial charge in [0.1, 0.15) is 0 Å². The van der Waals surface area contributed by atoms with Gasteiger partial charge >= 0.3 is 0 Å². The molecule has 0 saturated carbocycles. The van der Waals surface area contributed by atoms with Crippen molar-refractivity contribution in [3.05, 3.63) is 0 Å². The number of nitrogens with one attached hydrogen (secondary N) is 1. The zero-order chi connectivity index (χ0) is 18.4. The summed E-state index contributed by atoms with van der Waals surface area (Å²) in [5, 5.41) is 3.17. The van der Waals surface area contributed by atoms with Gasteiger partial charge in [0.2, 0.25) is 5.91 Å². The molecule has 2 saturated heterocycles. The second kappa shape index (κ2) is 9.89. The molecule has 5 nitrogen and oxygen atoms in total. The zero-order valence-electron chi connectivity index (χ0n) is 17.1. The lowest BCUT2D eigenvalue weighted by Crippen LogP contribution is -2.52. The van der Waals surface area contributed by atoms with Crippen LogP contribution in [0.4, 0.5) is 0 Å². The van der Waals surface area contributed by atoms with Crippen LogP contribution in [0.2, 0.25) is 0 Å². The Morgan fingerprint density at radius 1 is 1.00 bits per heavy atom. The van der Waals surface area contributed by atoms with Crippen molar-refractivity contribution in [3.8, 4) is 0 Å². The molecule has 2 aliphatic rings. The van der Waals surface area contributed by atoms with Gasteiger partial charge in [-0.05, 0) is 31.2 Å². The van der Waals surface area contributed by atoms with E-state index in [0.717, 1.165) is 39.1 Å². The quantitative estimate of drug-likeness (QED) is 0.755. The van der Waals surface area contributed by atoms with Gasteiger partial charge in [-0.25, -0.2) is 0 Å². The first-order valence-electron chi connectivity index (χ1n) is 10.2. The summed E-state index contributed by atoms with van der Waals surface area (Å²) >= 11 is 0. The lowest BCUT2D eigenvalue weighted by Gasteiger charge is -2.41. The highest BCUT2D eigenvalue weighted by atomic mass is 16.1. The fraction of sp³-hybridized carbons (Fsp3) is 0.950. The number of hydrogen-bond donors (Lipinski definition) is 1. The molecule has 1 N–H and O–H groups in total. The van der Waals surface area contributed by atoms with Gasteiger partial charge in [0.15, 0.2) is 0 Å². The minimum atomic E-state index is 0.156. The highest BCUT2D eigenvalue weighted by Gasteiger charge is 2.33. The molecule has 0 aromatic carbocycles. The molecule has 2 heterocycles. The van der Waals surface area contributed by atoms with Crippen LogP contribution >= 0.6 is 0 Å². The van der Waals surface area contributed by atoms with Crippen molar-refractivity contribution in [1.82, 2.24) is 20.0 Å². The maximum absolute atomic E-state index is 12.7. The van der Waals surface area contributed by atoms with Crippen molar-refractivity contribution in [2.75, 3.05) is 66.0 Å². The van der Waals surface area contributed by atoms with E-state index < -0.39 is 0 Å². The lowest BCUT2D eigenvalue weighted by atomic mass is 9.87. The Labute approximate surface area is 155 Å². The molecule has 2 aliphatic heterocycles. The minimum absolute atomic E-state index is 0.156. The Bertz CT molecular complexity index is 405. The third kappa shape index (κ3) is 7.24. The standard InChI is InChI=1S/C20H40N4O/c1-16(2)11-21-20(25)19-10-18(14-24(15-19)12-17(3)4)13-23-8-6-22(5)7-9-23/h16-19H,6-15H2,1-5H3,(H,21,25)/t18-,19-/m1/s1. The summed E-state index contributed by atoms with van der Waals surface area (Å²) < 4.78 is 0. The Morgan fingerprint density at radius 2 is 1.68 bits per heavy atom. The van der Waals surface area contributed by atoms with Gasteiger partial charge in [-0.1, -0.05) is 27.7 Å². The highest BCUT2D eigenvalue weighted by molar-refractivity contribution is 5.79. The van der Waals surface area contributed by atoms with Gasteiger partial charge < -0.3 is 20.0 Å². The van der Waals surface area contributed by atoms with E-state index in [4.69, 9.17) is 0 Å². The molecule has 2 atom stereocenters. The zero-order valence-corrected chi connectivity index (χ0v) is 17.1. The van der Waals surface area contributed by atoms with Crippen LogP contribution in [-0.4, -0.2) is 86.6 Å². The lowest BCUT2D eigenvalue weighted by molar-refractivity contribution is -0.127. The molecular formula is C20H40N4O. The summed E-state index contributed by atoms with van der Waals surface area (Å²) in [6.45, 7) is 18.7. The Hall–Kier alpha value is -0.650. The first kappa shape index (κ1) is 20.7. The van der Waals surface area contributed by atoms with Crippen molar-refractivity contribution >= 4 is 5.91 Å². The summed E-state index contributed by atoms with van der Waals surface area (Å²) in [7, 11) is 2.21. The van der Waals surface area contributed by atoms with Crippen LogP contribution in [0.5, 0.6) is 0 Å². The summed E-state index contributed by atoms with van der Waals surface area (Å²) in [4.78, 5) is 20.2. The van der Waals surface area contributed by atoms with Crippen LogP contribution in [0.1, 0.15) is 34.1 Å². The average Bonchev–Trinajstić information content (AvgIpc) is 2.54. The molecule has 0 bridgehead atoms. The second-order valence-electron chi connectivity index (χ2n) is 9.15. The van der Waals surface area contributed by atoms with E-state index >= 15 is 0 Å². The molecule has 5 heteroatoms. The van der Waals surface area contributed by atoms with Crippen LogP contribution in [0.3, 0.4) is 0 Å². The molecule has 0 spiro atoms. The van der Waals surface area contributed by atoms with Gasteiger partial charge in [0.25, 0.3) is 0 Å².